The Morgan fingerprint density at radius 1 is 1.21 bits per heavy atom. The highest BCUT2D eigenvalue weighted by Gasteiger charge is 2.42. The fraction of sp³-hybridized carbons (Fsp3) is 0.333. The highest BCUT2D eigenvalue weighted by atomic mass is 79.9. The summed E-state index contributed by atoms with van der Waals surface area (Å²) in [6, 6.07) is 11.6. The second-order valence-electron chi connectivity index (χ2n) is 7.24. The molecule has 4 rings (SSSR count). The Balaban J connectivity index is 1.94. The molecule has 0 radical (unpaired) electrons. The van der Waals surface area contributed by atoms with Crippen molar-refractivity contribution in [2.45, 2.75) is 31.6 Å². The fourth-order valence-corrected chi connectivity index (χ4v) is 4.55. The van der Waals surface area contributed by atoms with Crippen LogP contribution in [0.1, 0.15) is 29.8 Å². The van der Waals surface area contributed by atoms with Gasteiger partial charge in [-0.25, -0.2) is 4.39 Å². The number of H-pyrrole nitrogens is 1. The minimum atomic E-state index is -4.37. The second kappa shape index (κ2) is 7.65. The van der Waals surface area contributed by atoms with Crippen molar-refractivity contribution in [3.8, 4) is 5.75 Å². The van der Waals surface area contributed by atoms with Gasteiger partial charge in [0.15, 0.2) is 0 Å². The maximum Gasteiger partial charge on any atom is 0.401 e. The van der Waals surface area contributed by atoms with E-state index in [1.54, 1.807) is 25.1 Å². The molecule has 2 aromatic carbocycles. The molecule has 1 N–H and O–H groups in total. The largest absolute Gasteiger partial charge is 0.463 e. The number of nitrogens with one attached hydrogen (secondary N) is 1. The van der Waals surface area contributed by atoms with Crippen LogP contribution in [0.2, 0.25) is 0 Å². The molecule has 3 nitrogen and oxygen atoms in total. The molecular weight excluding hydrogens is 452 g/mol. The van der Waals surface area contributed by atoms with Crippen LogP contribution in [0.25, 0.3) is 10.9 Å². The van der Waals surface area contributed by atoms with Crippen molar-refractivity contribution in [2.75, 3.05) is 13.4 Å². The molecule has 1 unspecified atom stereocenters. The molecule has 0 fully saturated rings. The predicted molar refractivity (Wildman–Crippen MR) is 107 cm³/mol. The topological polar surface area (TPSA) is 28.3 Å². The van der Waals surface area contributed by atoms with Crippen LogP contribution < -0.4 is 4.74 Å². The number of hydrogen-bond acceptors (Lipinski definition) is 2. The van der Waals surface area contributed by atoms with E-state index in [9.17, 15) is 17.6 Å². The number of alkyl halides is 4. The van der Waals surface area contributed by atoms with Gasteiger partial charge in [-0.3, -0.25) is 4.90 Å². The molecule has 0 amide bonds. The third kappa shape index (κ3) is 3.88. The van der Waals surface area contributed by atoms with E-state index in [1.807, 2.05) is 24.3 Å². The van der Waals surface area contributed by atoms with Crippen LogP contribution in [0.4, 0.5) is 17.6 Å². The average molecular weight is 471 g/mol. The van der Waals surface area contributed by atoms with Crippen LogP contribution in [0.3, 0.4) is 0 Å². The molecule has 1 aliphatic heterocycles. The number of ether oxygens (including phenoxy) is 1. The predicted octanol–water partition coefficient (Wildman–Crippen LogP) is 6.13. The molecule has 0 aliphatic carbocycles. The van der Waals surface area contributed by atoms with Crippen molar-refractivity contribution in [3.05, 3.63) is 63.8 Å². The average Bonchev–Trinajstić information content (AvgIpc) is 3.01. The molecule has 0 bridgehead atoms. The summed E-state index contributed by atoms with van der Waals surface area (Å²) >= 11 is 3.32. The Labute approximate surface area is 173 Å². The van der Waals surface area contributed by atoms with Gasteiger partial charge >= 0.3 is 6.18 Å². The van der Waals surface area contributed by atoms with Crippen molar-refractivity contribution in [2.24, 2.45) is 0 Å². The van der Waals surface area contributed by atoms with Gasteiger partial charge < -0.3 is 9.72 Å². The van der Waals surface area contributed by atoms with Crippen LogP contribution in [0.15, 0.2) is 46.9 Å². The standard InChI is InChI=1S/C21H19BrF4N2O/c1-12-8-16-14-4-2-3-5-17(14)27-19(16)20(28(12)10-21(24,25)26)15-7-6-13(22)9-18(15)29-11-23/h2-7,9,12,20,27H,8,10-11H2,1H3/t12-,20?/m1/s1. The first kappa shape index (κ1) is 20.2. The Morgan fingerprint density at radius 2 is 1.97 bits per heavy atom. The van der Waals surface area contributed by atoms with Crippen LogP contribution in [0, 0.1) is 0 Å². The molecular formula is C21H19BrF4N2O. The number of para-hydroxylation sites is 1. The van der Waals surface area contributed by atoms with Crippen LogP contribution in [-0.4, -0.2) is 35.5 Å². The summed E-state index contributed by atoms with van der Waals surface area (Å²) < 4.78 is 59.2. The van der Waals surface area contributed by atoms with E-state index in [0.29, 0.717) is 22.2 Å². The maximum atomic E-state index is 13.4. The lowest BCUT2D eigenvalue weighted by Gasteiger charge is -2.41. The van der Waals surface area contributed by atoms with Crippen molar-refractivity contribution >= 4 is 26.8 Å². The van der Waals surface area contributed by atoms with Crippen molar-refractivity contribution in [1.29, 1.82) is 0 Å². The monoisotopic (exact) mass is 470 g/mol. The number of aromatic amines is 1. The zero-order valence-electron chi connectivity index (χ0n) is 15.6. The molecule has 0 saturated heterocycles. The Morgan fingerprint density at radius 3 is 2.69 bits per heavy atom. The summed E-state index contributed by atoms with van der Waals surface area (Å²) in [5, 5.41) is 0.996. The van der Waals surface area contributed by atoms with Gasteiger partial charge in [-0.15, -0.1) is 0 Å². The zero-order valence-corrected chi connectivity index (χ0v) is 17.1. The maximum absolute atomic E-state index is 13.4. The minimum Gasteiger partial charge on any atom is -0.463 e. The first-order valence-electron chi connectivity index (χ1n) is 9.18. The highest BCUT2D eigenvalue weighted by Crippen LogP contribution is 2.45. The van der Waals surface area contributed by atoms with Crippen LogP contribution in [0.5, 0.6) is 5.75 Å². The number of fused-ring (bicyclic) bond motifs is 3. The van der Waals surface area contributed by atoms with Gasteiger partial charge in [-0.05, 0) is 37.1 Å². The molecule has 2 atom stereocenters. The molecule has 8 heteroatoms. The summed E-state index contributed by atoms with van der Waals surface area (Å²) in [4.78, 5) is 4.72. The molecule has 1 aromatic heterocycles. The fourth-order valence-electron chi connectivity index (χ4n) is 4.21. The number of rotatable bonds is 4. The van der Waals surface area contributed by atoms with Gasteiger partial charge in [-0.1, -0.05) is 40.2 Å². The first-order chi connectivity index (χ1) is 13.8. The molecule has 1 aliphatic rings. The molecule has 0 spiro atoms. The number of hydrogen-bond donors (Lipinski definition) is 1. The molecule has 154 valence electrons. The van der Waals surface area contributed by atoms with E-state index in [-0.39, 0.29) is 11.8 Å². The van der Waals surface area contributed by atoms with Gasteiger partial charge in [0.1, 0.15) is 5.75 Å². The van der Waals surface area contributed by atoms with Crippen molar-refractivity contribution < 1.29 is 22.3 Å². The summed E-state index contributed by atoms with van der Waals surface area (Å²) in [7, 11) is 0. The first-order valence-corrected chi connectivity index (χ1v) is 9.98. The lowest BCUT2D eigenvalue weighted by molar-refractivity contribution is -0.155. The number of halogens is 5. The quantitative estimate of drug-likeness (QED) is 0.464. The van der Waals surface area contributed by atoms with Gasteiger partial charge in [0, 0.05) is 32.7 Å². The summed E-state index contributed by atoms with van der Waals surface area (Å²) in [6.45, 7) is -0.346. The van der Waals surface area contributed by atoms with Gasteiger partial charge in [0.25, 0.3) is 0 Å². The van der Waals surface area contributed by atoms with E-state index < -0.39 is 25.6 Å². The van der Waals surface area contributed by atoms with E-state index in [1.165, 1.54) is 4.90 Å². The summed E-state index contributed by atoms with van der Waals surface area (Å²) in [5.41, 5.74) is 3.05. The third-order valence-electron chi connectivity index (χ3n) is 5.36. The van der Waals surface area contributed by atoms with E-state index in [0.717, 1.165) is 16.5 Å². The smallest absolute Gasteiger partial charge is 0.401 e. The lowest BCUT2D eigenvalue weighted by Crippen LogP contribution is -2.47. The molecule has 2 heterocycles. The minimum absolute atomic E-state index is 0.220. The van der Waals surface area contributed by atoms with E-state index >= 15 is 0 Å². The zero-order chi connectivity index (χ0) is 20.8. The van der Waals surface area contributed by atoms with Gasteiger partial charge in [0.05, 0.1) is 12.6 Å². The van der Waals surface area contributed by atoms with E-state index in [2.05, 4.69) is 20.9 Å². The third-order valence-corrected chi connectivity index (χ3v) is 5.85. The lowest BCUT2D eigenvalue weighted by atomic mass is 9.88. The molecule has 3 aromatic rings. The SMILES string of the molecule is C[C@@H]1Cc2c([nH]c3ccccc23)C(c2ccc(Br)cc2OCF)N1CC(F)(F)F. The van der Waals surface area contributed by atoms with Gasteiger partial charge in [-0.2, -0.15) is 13.2 Å². The number of aromatic nitrogens is 1. The highest BCUT2D eigenvalue weighted by molar-refractivity contribution is 9.10. The summed E-state index contributed by atoms with van der Waals surface area (Å²) in [5.74, 6) is 0.220. The van der Waals surface area contributed by atoms with Crippen molar-refractivity contribution in [3.63, 3.8) is 0 Å². The Hall–Kier alpha value is -2.06. The number of benzene rings is 2. The van der Waals surface area contributed by atoms with E-state index in [4.69, 9.17) is 4.74 Å². The Bertz CT molecular complexity index is 1030. The van der Waals surface area contributed by atoms with Crippen molar-refractivity contribution in [1.82, 2.24) is 9.88 Å². The normalized spacial score (nSPS) is 20.1. The second-order valence-corrected chi connectivity index (χ2v) is 8.16. The van der Waals surface area contributed by atoms with Crippen LogP contribution in [-0.2, 0) is 6.42 Å². The Kier molecular flexibility index (Phi) is 5.33. The molecule has 29 heavy (non-hydrogen) atoms. The number of nitrogens with zero attached hydrogens (tertiary/aromatic N) is 1. The van der Waals surface area contributed by atoms with Gasteiger partial charge in [0.2, 0.25) is 6.86 Å². The molecule has 0 saturated carbocycles. The van der Waals surface area contributed by atoms with Crippen LogP contribution >= 0.6 is 15.9 Å². The summed E-state index contributed by atoms with van der Waals surface area (Å²) in [6.07, 6.45) is -3.88.